The summed E-state index contributed by atoms with van der Waals surface area (Å²) in [6, 6.07) is 6.61. The number of para-hydroxylation sites is 1. The van der Waals surface area contributed by atoms with Crippen LogP contribution in [0.5, 0.6) is 5.75 Å². The highest BCUT2D eigenvalue weighted by molar-refractivity contribution is 5.92. The molecule has 5 rings (SSSR count). The van der Waals surface area contributed by atoms with Gasteiger partial charge in [0.1, 0.15) is 17.0 Å². The van der Waals surface area contributed by atoms with Crippen molar-refractivity contribution in [3.05, 3.63) is 47.5 Å². The minimum absolute atomic E-state index is 0.0775. The molecule has 1 aromatic heterocycles. The Morgan fingerprint density at radius 1 is 1.10 bits per heavy atom. The predicted octanol–water partition coefficient (Wildman–Crippen LogP) is 3.65. The van der Waals surface area contributed by atoms with Crippen LogP contribution in [0.1, 0.15) is 61.1 Å². The molecule has 0 radical (unpaired) electrons. The van der Waals surface area contributed by atoms with Crippen LogP contribution >= 0.6 is 0 Å². The van der Waals surface area contributed by atoms with Crippen LogP contribution in [0.2, 0.25) is 0 Å². The Labute approximate surface area is 185 Å². The summed E-state index contributed by atoms with van der Waals surface area (Å²) in [6.07, 6.45) is 9.17. The molecule has 2 saturated heterocycles. The van der Waals surface area contributed by atoms with Gasteiger partial charge in [-0.25, -0.2) is 4.98 Å². The topological polar surface area (TPSA) is 50.6 Å². The van der Waals surface area contributed by atoms with Crippen molar-refractivity contribution in [2.75, 3.05) is 26.2 Å². The Morgan fingerprint density at radius 3 is 2.48 bits per heavy atom. The number of fused-ring (bicyclic) bond motifs is 1. The van der Waals surface area contributed by atoms with Crippen molar-refractivity contribution in [3.8, 4) is 5.75 Å². The van der Waals surface area contributed by atoms with Crippen molar-refractivity contribution in [2.45, 2.75) is 58.1 Å². The maximum atomic E-state index is 12.7. The molecule has 0 aliphatic carbocycles. The Hall–Kier alpha value is -2.34. The van der Waals surface area contributed by atoms with Crippen molar-refractivity contribution >= 4 is 5.91 Å². The van der Waals surface area contributed by atoms with E-state index in [0.29, 0.717) is 11.1 Å². The number of nitrogens with zero attached hydrogens (tertiary/aromatic N) is 4. The first-order chi connectivity index (χ1) is 14.8. The first kappa shape index (κ1) is 20.6. The van der Waals surface area contributed by atoms with E-state index < -0.39 is 0 Å². The summed E-state index contributed by atoms with van der Waals surface area (Å²) in [5.74, 6) is 1.20. The van der Waals surface area contributed by atoms with Gasteiger partial charge >= 0.3 is 0 Å². The predicted molar refractivity (Wildman–Crippen MR) is 120 cm³/mol. The largest absolute Gasteiger partial charge is 0.487 e. The molecular weight excluding hydrogens is 388 g/mol. The molecule has 0 unspecified atom stereocenters. The van der Waals surface area contributed by atoms with Crippen LogP contribution in [0, 0.1) is 5.41 Å². The van der Waals surface area contributed by atoms with Gasteiger partial charge in [-0.15, -0.1) is 0 Å². The van der Waals surface area contributed by atoms with Gasteiger partial charge in [-0.2, -0.15) is 0 Å². The molecule has 6 nitrogen and oxygen atoms in total. The Bertz CT molecular complexity index is 962. The van der Waals surface area contributed by atoms with Crippen LogP contribution in [0.25, 0.3) is 0 Å². The number of aromatic nitrogens is 2. The number of hydrogen-bond acceptors (Lipinski definition) is 4. The monoisotopic (exact) mass is 422 g/mol. The summed E-state index contributed by atoms with van der Waals surface area (Å²) in [5.41, 5.74) is 3.55. The molecule has 31 heavy (non-hydrogen) atoms. The van der Waals surface area contributed by atoms with Crippen LogP contribution in [0.15, 0.2) is 30.7 Å². The number of carbonyl (C=O) groups excluding carboxylic acids is 1. The van der Waals surface area contributed by atoms with Gasteiger partial charge in [-0.1, -0.05) is 18.2 Å². The van der Waals surface area contributed by atoms with Crippen molar-refractivity contribution in [3.63, 3.8) is 0 Å². The van der Waals surface area contributed by atoms with E-state index in [0.717, 1.165) is 57.7 Å². The number of imidazole rings is 1. The van der Waals surface area contributed by atoms with Gasteiger partial charge in [0.2, 0.25) is 0 Å². The summed E-state index contributed by atoms with van der Waals surface area (Å²) in [7, 11) is 1.90. The lowest BCUT2D eigenvalue weighted by Gasteiger charge is -2.46. The number of benzene rings is 1. The van der Waals surface area contributed by atoms with E-state index in [2.05, 4.69) is 41.9 Å². The zero-order valence-electron chi connectivity index (χ0n) is 19.1. The second-order valence-corrected chi connectivity index (χ2v) is 10.4. The molecule has 3 aliphatic rings. The number of hydrogen-bond donors (Lipinski definition) is 0. The highest BCUT2D eigenvalue weighted by Gasteiger charge is 2.39. The molecule has 2 aromatic rings. The van der Waals surface area contributed by atoms with Gasteiger partial charge in [0.05, 0.1) is 6.33 Å². The average Bonchev–Trinajstić information content (AvgIpc) is 3.32. The van der Waals surface area contributed by atoms with Crippen LogP contribution in [0.3, 0.4) is 0 Å². The molecule has 4 heterocycles. The quantitative estimate of drug-likeness (QED) is 0.758. The maximum Gasteiger partial charge on any atom is 0.274 e. The normalized spacial score (nSPS) is 22.4. The first-order valence-electron chi connectivity index (χ1n) is 11.6. The van der Waals surface area contributed by atoms with Crippen LogP contribution < -0.4 is 4.74 Å². The van der Waals surface area contributed by atoms with E-state index >= 15 is 0 Å². The van der Waals surface area contributed by atoms with Crippen LogP contribution in [-0.4, -0.2) is 57.0 Å². The number of rotatable bonds is 3. The fourth-order valence-electron chi connectivity index (χ4n) is 5.60. The van der Waals surface area contributed by atoms with Gasteiger partial charge in [0.15, 0.2) is 0 Å². The highest BCUT2D eigenvalue weighted by atomic mass is 16.5. The summed E-state index contributed by atoms with van der Waals surface area (Å²) in [5, 5.41) is 0. The van der Waals surface area contributed by atoms with E-state index in [1.807, 2.05) is 22.7 Å². The fourth-order valence-corrected chi connectivity index (χ4v) is 5.60. The average molecular weight is 423 g/mol. The molecule has 1 aromatic carbocycles. The number of piperidine rings is 2. The van der Waals surface area contributed by atoms with E-state index in [1.165, 1.54) is 24.0 Å². The molecule has 166 valence electrons. The van der Waals surface area contributed by atoms with Crippen LogP contribution in [-0.2, 0) is 20.0 Å². The van der Waals surface area contributed by atoms with Gasteiger partial charge < -0.3 is 14.2 Å². The van der Waals surface area contributed by atoms with E-state index in [4.69, 9.17) is 4.74 Å². The Morgan fingerprint density at radius 2 is 1.81 bits per heavy atom. The first-order valence-corrected chi connectivity index (χ1v) is 11.6. The summed E-state index contributed by atoms with van der Waals surface area (Å²) in [4.78, 5) is 21.5. The van der Waals surface area contributed by atoms with Crippen molar-refractivity contribution in [1.82, 2.24) is 19.4 Å². The molecule has 3 aliphatic heterocycles. The third-order valence-electron chi connectivity index (χ3n) is 7.52. The van der Waals surface area contributed by atoms with Gasteiger partial charge in [0, 0.05) is 44.9 Å². The van der Waals surface area contributed by atoms with Gasteiger partial charge in [-0.05, 0) is 63.6 Å². The zero-order valence-corrected chi connectivity index (χ0v) is 19.1. The van der Waals surface area contributed by atoms with Gasteiger partial charge in [0.25, 0.3) is 5.91 Å². The summed E-state index contributed by atoms with van der Waals surface area (Å²) < 4.78 is 8.11. The molecule has 1 amide bonds. The molecule has 6 heteroatoms. The SMILES string of the molecule is Cn1cnc(C(=O)N2CCC3(CCN(Cc4cccc5c4OC(C)(C)C5)CC3)CC2)c1. The van der Waals surface area contributed by atoms with Crippen molar-refractivity contribution in [2.24, 2.45) is 12.5 Å². The van der Waals surface area contributed by atoms with E-state index in [-0.39, 0.29) is 11.5 Å². The third-order valence-corrected chi connectivity index (χ3v) is 7.52. The minimum Gasteiger partial charge on any atom is -0.487 e. The van der Waals surface area contributed by atoms with Crippen molar-refractivity contribution in [1.29, 1.82) is 0 Å². The maximum absolute atomic E-state index is 12.7. The molecule has 0 N–H and O–H groups in total. The lowest BCUT2D eigenvalue weighted by molar-refractivity contribution is 0.0279. The summed E-state index contributed by atoms with van der Waals surface area (Å²) >= 11 is 0. The lowest BCUT2D eigenvalue weighted by atomic mass is 9.71. The molecule has 0 atom stereocenters. The second kappa shape index (κ2) is 7.66. The molecule has 0 bridgehead atoms. The molecule has 0 saturated carbocycles. The number of ether oxygens (including phenoxy) is 1. The fraction of sp³-hybridized carbons (Fsp3) is 0.600. The number of likely N-dealkylation sites (tertiary alicyclic amines) is 2. The third kappa shape index (κ3) is 4.10. The van der Waals surface area contributed by atoms with Crippen LogP contribution in [0.4, 0.5) is 0 Å². The van der Waals surface area contributed by atoms with E-state index in [9.17, 15) is 4.79 Å². The molecule has 2 fully saturated rings. The molecule has 1 spiro atoms. The number of carbonyl (C=O) groups is 1. The van der Waals surface area contributed by atoms with Crippen molar-refractivity contribution < 1.29 is 9.53 Å². The number of amides is 1. The summed E-state index contributed by atoms with van der Waals surface area (Å²) in [6.45, 7) is 9.27. The second-order valence-electron chi connectivity index (χ2n) is 10.4. The highest BCUT2D eigenvalue weighted by Crippen LogP contribution is 2.43. The number of aryl methyl sites for hydroxylation is 1. The standard InChI is InChI=1S/C25H34N4O2/c1-24(2)15-19-5-4-6-20(22(19)31-24)16-28-11-7-25(8-12-28)9-13-29(14-10-25)23(30)21-17-27(3)18-26-21/h4-6,17-18H,7-16H2,1-3H3. The van der Waals surface area contributed by atoms with E-state index in [1.54, 1.807) is 6.33 Å². The Balaban J connectivity index is 1.16. The smallest absolute Gasteiger partial charge is 0.274 e. The Kier molecular flexibility index (Phi) is 5.08. The lowest BCUT2D eigenvalue weighted by Crippen LogP contribution is -2.48. The van der Waals surface area contributed by atoms with Gasteiger partial charge in [-0.3, -0.25) is 9.69 Å². The zero-order chi connectivity index (χ0) is 21.6. The molecular formula is C25H34N4O2. The minimum atomic E-state index is -0.0922.